The minimum Gasteiger partial charge on any atom is -0.485 e. The number of carbonyl (C=O) groups excluding carboxylic acids is 1. The van der Waals surface area contributed by atoms with Gasteiger partial charge in [0.15, 0.2) is 11.5 Å². The Labute approximate surface area is 138 Å². The molecule has 0 spiro atoms. The summed E-state index contributed by atoms with van der Waals surface area (Å²) >= 11 is 1.34. The van der Waals surface area contributed by atoms with E-state index >= 15 is 0 Å². The molecule has 2 aromatic rings. The van der Waals surface area contributed by atoms with E-state index in [2.05, 4.69) is 17.3 Å². The van der Waals surface area contributed by atoms with Crippen molar-refractivity contribution in [3.63, 3.8) is 0 Å². The standard InChI is InChI=1S/C16H19N3O3S/c1-9-7-17-19(10(2)11-3-4-11)15(9)18-16(20)14-13-12(8-23-14)21-5-6-22-13/h7-8,10-11H,3-6H2,1-2H3,(H,18,20). The van der Waals surface area contributed by atoms with Crippen LogP contribution >= 0.6 is 11.3 Å². The van der Waals surface area contributed by atoms with Crippen LogP contribution in [0.2, 0.25) is 0 Å². The molecule has 23 heavy (non-hydrogen) atoms. The van der Waals surface area contributed by atoms with Gasteiger partial charge in [0.25, 0.3) is 5.91 Å². The third kappa shape index (κ3) is 2.59. The van der Waals surface area contributed by atoms with Gasteiger partial charge < -0.3 is 14.8 Å². The van der Waals surface area contributed by atoms with Crippen molar-refractivity contribution in [3.8, 4) is 11.5 Å². The van der Waals surface area contributed by atoms with Crippen LogP contribution in [0.25, 0.3) is 0 Å². The molecule has 1 unspecified atom stereocenters. The quantitative estimate of drug-likeness (QED) is 0.933. The van der Waals surface area contributed by atoms with Crippen molar-refractivity contribution >= 4 is 23.1 Å². The third-order valence-corrected chi connectivity index (χ3v) is 5.35. The molecule has 1 fully saturated rings. The summed E-state index contributed by atoms with van der Waals surface area (Å²) in [6, 6.07) is 0.302. The maximum atomic E-state index is 12.7. The van der Waals surface area contributed by atoms with Crippen molar-refractivity contribution in [2.24, 2.45) is 5.92 Å². The van der Waals surface area contributed by atoms with E-state index in [-0.39, 0.29) is 5.91 Å². The fraction of sp³-hybridized carbons (Fsp3) is 0.500. The summed E-state index contributed by atoms with van der Waals surface area (Å²) in [6.07, 6.45) is 4.27. The molecule has 1 aliphatic heterocycles. The molecule has 2 aliphatic rings. The molecule has 1 N–H and O–H groups in total. The number of amides is 1. The number of hydrogen-bond donors (Lipinski definition) is 1. The largest absolute Gasteiger partial charge is 0.485 e. The fourth-order valence-electron chi connectivity index (χ4n) is 2.88. The normalized spacial score (nSPS) is 17.8. The Morgan fingerprint density at radius 1 is 1.43 bits per heavy atom. The number of nitrogens with zero attached hydrogens (tertiary/aromatic N) is 2. The number of aromatic nitrogens is 2. The second-order valence-electron chi connectivity index (χ2n) is 6.11. The Kier molecular flexibility index (Phi) is 3.52. The molecule has 0 bridgehead atoms. The molecule has 6 nitrogen and oxygen atoms in total. The van der Waals surface area contributed by atoms with Crippen LogP contribution in [0.1, 0.15) is 41.0 Å². The molecule has 0 saturated heterocycles. The van der Waals surface area contributed by atoms with E-state index in [1.165, 1.54) is 24.2 Å². The van der Waals surface area contributed by atoms with Gasteiger partial charge in [-0.15, -0.1) is 11.3 Å². The molecule has 122 valence electrons. The molecule has 0 radical (unpaired) electrons. The third-order valence-electron chi connectivity index (χ3n) is 4.41. The van der Waals surface area contributed by atoms with Gasteiger partial charge in [0, 0.05) is 10.9 Å². The van der Waals surface area contributed by atoms with Crippen LogP contribution in [-0.4, -0.2) is 28.9 Å². The highest BCUT2D eigenvalue weighted by Gasteiger charge is 2.32. The van der Waals surface area contributed by atoms with Crippen molar-refractivity contribution in [2.75, 3.05) is 18.5 Å². The van der Waals surface area contributed by atoms with E-state index in [0.29, 0.717) is 41.5 Å². The van der Waals surface area contributed by atoms with Gasteiger partial charge in [-0.3, -0.25) is 4.79 Å². The predicted molar refractivity (Wildman–Crippen MR) is 87.7 cm³/mol. The number of nitrogens with one attached hydrogen (secondary N) is 1. The monoisotopic (exact) mass is 333 g/mol. The smallest absolute Gasteiger partial charge is 0.270 e. The SMILES string of the molecule is Cc1cnn(C(C)C2CC2)c1NC(=O)c1scc2c1OCCO2. The highest BCUT2D eigenvalue weighted by atomic mass is 32.1. The molecule has 3 heterocycles. The molecule has 1 amide bonds. The van der Waals surface area contributed by atoms with E-state index in [1.54, 1.807) is 6.20 Å². The van der Waals surface area contributed by atoms with Crippen molar-refractivity contribution in [3.05, 3.63) is 22.0 Å². The fourth-order valence-corrected chi connectivity index (χ4v) is 3.70. The Hall–Kier alpha value is -2.02. The first-order valence-corrected chi connectivity index (χ1v) is 8.75. The van der Waals surface area contributed by atoms with Crippen LogP contribution < -0.4 is 14.8 Å². The molecular formula is C16H19N3O3S. The van der Waals surface area contributed by atoms with Crippen molar-refractivity contribution in [1.29, 1.82) is 0 Å². The molecule has 0 aromatic carbocycles. The van der Waals surface area contributed by atoms with Gasteiger partial charge >= 0.3 is 0 Å². The summed E-state index contributed by atoms with van der Waals surface area (Å²) in [7, 11) is 0. The second kappa shape index (κ2) is 5.56. The van der Waals surface area contributed by atoms with Gasteiger partial charge in [-0.1, -0.05) is 0 Å². The predicted octanol–water partition coefficient (Wildman–Crippen LogP) is 3.25. The van der Waals surface area contributed by atoms with E-state index in [0.717, 1.165) is 11.4 Å². The number of thiophene rings is 1. The molecule has 1 atom stereocenters. The van der Waals surface area contributed by atoms with Gasteiger partial charge in [-0.05, 0) is 32.6 Å². The van der Waals surface area contributed by atoms with E-state index < -0.39 is 0 Å². The summed E-state index contributed by atoms with van der Waals surface area (Å²) in [5.74, 6) is 2.47. The van der Waals surface area contributed by atoms with E-state index in [4.69, 9.17) is 9.47 Å². The first kappa shape index (κ1) is 14.6. The molecule has 7 heteroatoms. The van der Waals surface area contributed by atoms with Gasteiger partial charge in [0.2, 0.25) is 0 Å². The van der Waals surface area contributed by atoms with Gasteiger partial charge in [-0.2, -0.15) is 5.10 Å². The van der Waals surface area contributed by atoms with Gasteiger partial charge in [0.05, 0.1) is 12.2 Å². The average Bonchev–Trinajstić information content (AvgIpc) is 3.22. The number of anilines is 1. The second-order valence-corrected chi connectivity index (χ2v) is 6.99. The lowest BCUT2D eigenvalue weighted by molar-refractivity contribution is 0.102. The Balaban J connectivity index is 1.59. The molecule has 4 rings (SSSR count). The zero-order chi connectivity index (χ0) is 16.0. The lowest BCUT2D eigenvalue weighted by atomic mass is 10.2. The van der Waals surface area contributed by atoms with Gasteiger partial charge in [0.1, 0.15) is 23.9 Å². The van der Waals surface area contributed by atoms with Crippen LogP contribution in [-0.2, 0) is 0 Å². The topological polar surface area (TPSA) is 65.4 Å². The highest BCUT2D eigenvalue weighted by molar-refractivity contribution is 7.13. The zero-order valence-corrected chi connectivity index (χ0v) is 14.0. The van der Waals surface area contributed by atoms with Crippen molar-refractivity contribution in [2.45, 2.75) is 32.7 Å². The maximum Gasteiger partial charge on any atom is 0.270 e. The summed E-state index contributed by atoms with van der Waals surface area (Å²) in [4.78, 5) is 13.2. The Morgan fingerprint density at radius 3 is 3.00 bits per heavy atom. The molecular weight excluding hydrogens is 314 g/mol. The summed E-state index contributed by atoms with van der Waals surface area (Å²) in [5.41, 5.74) is 0.966. The minimum absolute atomic E-state index is 0.172. The molecule has 1 aliphatic carbocycles. The number of carbonyl (C=O) groups is 1. The van der Waals surface area contributed by atoms with Crippen LogP contribution in [0, 0.1) is 12.8 Å². The van der Waals surface area contributed by atoms with E-state index in [9.17, 15) is 4.79 Å². The number of aryl methyl sites for hydroxylation is 1. The van der Waals surface area contributed by atoms with Crippen molar-refractivity contribution < 1.29 is 14.3 Å². The van der Waals surface area contributed by atoms with Crippen LogP contribution in [0.3, 0.4) is 0 Å². The van der Waals surface area contributed by atoms with Crippen molar-refractivity contribution in [1.82, 2.24) is 9.78 Å². The minimum atomic E-state index is -0.172. The maximum absolute atomic E-state index is 12.7. The Bertz CT molecular complexity index is 748. The summed E-state index contributed by atoms with van der Waals surface area (Å²) < 4.78 is 13.0. The number of fused-ring (bicyclic) bond motifs is 1. The molecule has 2 aromatic heterocycles. The van der Waals surface area contributed by atoms with Gasteiger partial charge in [-0.25, -0.2) is 4.68 Å². The highest BCUT2D eigenvalue weighted by Crippen LogP contribution is 2.42. The first-order valence-electron chi connectivity index (χ1n) is 7.87. The number of hydrogen-bond acceptors (Lipinski definition) is 5. The average molecular weight is 333 g/mol. The first-order chi connectivity index (χ1) is 11.1. The lowest BCUT2D eigenvalue weighted by Crippen LogP contribution is -2.20. The Morgan fingerprint density at radius 2 is 2.22 bits per heavy atom. The number of ether oxygens (including phenoxy) is 2. The summed E-state index contributed by atoms with van der Waals surface area (Å²) in [6.45, 7) is 5.11. The number of rotatable bonds is 4. The van der Waals surface area contributed by atoms with Crippen LogP contribution in [0.5, 0.6) is 11.5 Å². The van der Waals surface area contributed by atoms with E-state index in [1.807, 2.05) is 17.0 Å². The summed E-state index contributed by atoms with van der Waals surface area (Å²) in [5, 5.41) is 9.28. The van der Waals surface area contributed by atoms with Crippen LogP contribution in [0.4, 0.5) is 5.82 Å². The van der Waals surface area contributed by atoms with Crippen LogP contribution in [0.15, 0.2) is 11.6 Å². The lowest BCUT2D eigenvalue weighted by Gasteiger charge is -2.17. The molecule has 1 saturated carbocycles. The zero-order valence-electron chi connectivity index (χ0n) is 13.2.